The molecular formula is C17H20N2S. The Hall–Kier alpha value is -1.19. The van der Waals surface area contributed by atoms with Crippen molar-refractivity contribution < 1.29 is 0 Å². The third kappa shape index (κ3) is 1.92. The fraction of sp³-hybridized carbons (Fsp3) is 0.471. The predicted octanol–water partition coefficient (Wildman–Crippen LogP) is 3.62. The quantitative estimate of drug-likeness (QED) is 0.931. The minimum Gasteiger partial charge on any atom is -0.312 e. The molecule has 0 bridgehead atoms. The van der Waals surface area contributed by atoms with Crippen LogP contribution in [0.1, 0.15) is 51.4 Å². The number of thiophene rings is 1. The van der Waals surface area contributed by atoms with E-state index in [2.05, 4.69) is 35.5 Å². The lowest BCUT2D eigenvalue weighted by atomic mass is 9.95. The maximum Gasteiger partial charge on any atom is 0.0497 e. The van der Waals surface area contributed by atoms with Crippen LogP contribution in [0.2, 0.25) is 0 Å². The van der Waals surface area contributed by atoms with Gasteiger partial charge in [0, 0.05) is 33.6 Å². The van der Waals surface area contributed by atoms with Crippen LogP contribution in [0.15, 0.2) is 24.4 Å². The summed E-state index contributed by atoms with van der Waals surface area (Å²) in [5.74, 6) is 0.537. The first-order chi connectivity index (χ1) is 9.86. The molecule has 2 atom stereocenters. The van der Waals surface area contributed by atoms with Crippen molar-refractivity contribution in [3.63, 3.8) is 0 Å². The molecule has 0 aliphatic heterocycles. The molecule has 0 radical (unpaired) electrons. The Morgan fingerprint density at radius 2 is 2.25 bits per heavy atom. The van der Waals surface area contributed by atoms with Crippen LogP contribution in [0.4, 0.5) is 0 Å². The lowest BCUT2D eigenvalue weighted by Crippen LogP contribution is -2.22. The highest BCUT2D eigenvalue weighted by atomic mass is 32.1. The molecule has 0 amide bonds. The minimum absolute atomic E-state index is 0.432. The second-order valence-corrected chi connectivity index (χ2v) is 7.08. The van der Waals surface area contributed by atoms with Gasteiger partial charge in [0.1, 0.15) is 0 Å². The standard InChI is InChI=1S/C17H20N2S/c1-18-17(15-10-12-4-2-6-14(12)20-15)13-8-7-11-5-3-9-19-16(11)13/h3,5,9-10,13,17-18H,2,4,6-8H2,1H3. The topological polar surface area (TPSA) is 24.9 Å². The van der Waals surface area contributed by atoms with E-state index in [0.717, 1.165) is 0 Å². The molecule has 104 valence electrons. The number of hydrogen-bond donors (Lipinski definition) is 1. The lowest BCUT2D eigenvalue weighted by molar-refractivity contribution is 0.476. The smallest absolute Gasteiger partial charge is 0.0497 e. The summed E-state index contributed by atoms with van der Waals surface area (Å²) < 4.78 is 0. The van der Waals surface area contributed by atoms with Crippen molar-refractivity contribution in [2.24, 2.45) is 0 Å². The molecule has 2 aliphatic rings. The first-order valence-electron chi connectivity index (χ1n) is 7.59. The van der Waals surface area contributed by atoms with Gasteiger partial charge in [0.15, 0.2) is 0 Å². The normalized spacial score (nSPS) is 21.8. The minimum atomic E-state index is 0.432. The maximum absolute atomic E-state index is 4.66. The summed E-state index contributed by atoms with van der Waals surface area (Å²) in [6.45, 7) is 0. The Bertz CT molecular complexity index is 610. The average molecular weight is 284 g/mol. The Kier molecular flexibility index (Phi) is 3.12. The molecule has 4 rings (SSSR count). The van der Waals surface area contributed by atoms with Crippen molar-refractivity contribution in [2.45, 2.75) is 44.1 Å². The van der Waals surface area contributed by atoms with E-state index >= 15 is 0 Å². The summed E-state index contributed by atoms with van der Waals surface area (Å²) in [4.78, 5) is 7.80. The molecule has 20 heavy (non-hydrogen) atoms. The SMILES string of the molecule is CNC(c1cc2c(s1)CCC2)C1CCc2cccnc21. The second-order valence-electron chi connectivity index (χ2n) is 5.91. The van der Waals surface area contributed by atoms with E-state index in [1.807, 2.05) is 17.5 Å². The number of nitrogens with one attached hydrogen (secondary N) is 1. The Labute approximate surface area is 124 Å². The molecule has 0 aromatic carbocycles. The number of aromatic nitrogens is 1. The molecule has 0 saturated heterocycles. The van der Waals surface area contributed by atoms with E-state index < -0.39 is 0 Å². The molecule has 2 heterocycles. The van der Waals surface area contributed by atoms with Crippen LogP contribution in [-0.2, 0) is 19.3 Å². The number of pyridine rings is 1. The number of fused-ring (bicyclic) bond motifs is 2. The van der Waals surface area contributed by atoms with E-state index in [1.165, 1.54) is 48.2 Å². The van der Waals surface area contributed by atoms with Crippen molar-refractivity contribution in [1.82, 2.24) is 10.3 Å². The molecule has 2 aliphatic carbocycles. The van der Waals surface area contributed by atoms with Crippen LogP contribution < -0.4 is 5.32 Å². The molecule has 2 aromatic heterocycles. The number of rotatable bonds is 3. The number of likely N-dealkylation sites (N-methyl/N-ethyl adjacent to an activating group) is 1. The van der Waals surface area contributed by atoms with Crippen molar-refractivity contribution in [1.29, 1.82) is 0 Å². The number of hydrogen-bond acceptors (Lipinski definition) is 3. The summed E-state index contributed by atoms with van der Waals surface area (Å²) in [5.41, 5.74) is 4.37. The molecule has 2 unspecified atom stereocenters. The van der Waals surface area contributed by atoms with Crippen molar-refractivity contribution in [3.05, 3.63) is 51.0 Å². The van der Waals surface area contributed by atoms with Crippen molar-refractivity contribution in [3.8, 4) is 0 Å². The third-order valence-electron chi connectivity index (χ3n) is 4.79. The summed E-state index contributed by atoms with van der Waals surface area (Å²) in [6.07, 6.45) is 8.26. The van der Waals surface area contributed by atoms with Gasteiger partial charge in [0.2, 0.25) is 0 Å². The highest BCUT2D eigenvalue weighted by Crippen LogP contribution is 2.44. The molecule has 0 fully saturated rings. The number of nitrogens with zero attached hydrogens (tertiary/aromatic N) is 1. The Morgan fingerprint density at radius 1 is 1.30 bits per heavy atom. The van der Waals surface area contributed by atoms with Gasteiger partial charge in [-0.1, -0.05) is 6.07 Å². The molecular weight excluding hydrogens is 264 g/mol. The first kappa shape index (κ1) is 12.5. The highest BCUT2D eigenvalue weighted by molar-refractivity contribution is 7.12. The lowest BCUT2D eigenvalue weighted by Gasteiger charge is -2.22. The van der Waals surface area contributed by atoms with Crippen LogP contribution in [0.5, 0.6) is 0 Å². The zero-order valence-corrected chi connectivity index (χ0v) is 12.7. The fourth-order valence-electron chi connectivity index (χ4n) is 3.82. The van der Waals surface area contributed by atoms with Crippen LogP contribution >= 0.6 is 11.3 Å². The van der Waals surface area contributed by atoms with Crippen LogP contribution in [0.3, 0.4) is 0 Å². The van der Waals surface area contributed by atoms with Crippen molar-refractivity contribution in [2.75, 3.05) is 7.05 Å². The molecule has 0 spiro atoms. The van der Waals surface area contributed by atoms with Gasteiger partial charge in [-0.3, -0.25) is 4.98 Å². The molecule has 0 saturated carbocycles. The van der Waals surface area contributed by atoms with Gasteiger partial charge < -0.3 is 5.32 Å². The van der Waals surface area contributed by atoms with E-state index in [9.17, 15) is 0 Å². The van der Waals surface area contributed by atoms with E-state index in [1.54, 1.807) is 10.4 Å². The van der Waals surface area contributed by atoms with Gasteiger partial charge in [-0.05, 0) is 62.4 Å². The van der Waals surface area contributed by atoms with Crippen molar-refractivity contribution >= 4 is 11.3 Å². The first-order valence-corrected chi connectivity index (χ1v) is 8.41. The van der Waals surface area contributed by atoms with Gasteiger partial charge in [-0.25, -0.2) is 0 Å². The molecule has 1 N–H and O–H groups in total. The third-order valence-corrected chi connectivity index (χ3v) is 6.11. The zero-order valence-electron chi connectivity index (χ0n) is 11.9. The zero-order chi connectivity index (χ0) is 13.5. The fourth-order valence-corrected chi connectivity index (χ4v) is 5.25. The Morgan fingerprint density at radius 3 is 3.10 bits per heavy atom. The van der Waals surface area contributed by atoms with Crippen LogP contribution in [-0.4, -0.2) is 12.0 Å². The van der Waals surface area contributed by atoms with E-state index in [-0.39, 0.29) is 0 Å². The number of aryl methyl sites for hydroxylation is 3. The summed E-state index contributed by atoms with van der Waals surface area (Å²) in [6, 6.07) is 7.19. The Balaban J connectivity index is 1.68. The monoisotopic (exact) mass is 284 g/mol. The summed E-state index contributed by atoms with van der Waals surface area (Å²) >= 11 is 2.03. The average Bonchev–Trinajstić information content (AvgIpc) is 3.14. The maximum atomic E-state index is 4.66. The van der Waals surface area contributed by atoms with E-state index in [4.69, 9.17) is 0 Å². The van der Waals surface area contributed by atoms with Gasteiger partial charge in [0.05, 0.1) is 0 Å². The second kappa shape index (κ2) is 4.97. The van der Waals surface area contributed by atoms with Crippen LogP contribution in [0.25, 0.3) is 0 Å². The summed E-state index contributed by atoms with van der Waals surface area (Å²) in [7, 11) is 2.09. The summed E-state index contributed by atoms with van der Waals surface area (Å²) in [5, 5.41) is 3.56. The highest BCUT2D eigenvalue weighted by Gasteiger charge is 2.32. The van der Waals surface area contributed by atoms with Gasteiger partial charge in [-0.15, -0.1) is 11.3 Å². The predicted molar refractivity (Wildman–Crippen MR) is 83.4 cm³/mol. The largest absolute Gasteiger partial charge is 0.312 e. The van der Waals surface area contributed by atoms with Gasteiger partial charge in [0.25, 0.3) is 0 Å². The van der Waals surface area contributed by atoms with E-state index in [0.29, 0.717) is 12.0 Å². The van der Waals surface area contributed by atoms with Gasteiger partial charge >= 0.3 is 0 Å². The molecule has 2 nitrogen and oxygen atoms in total. The molecule has 2 aromatic rings. The van der Waals surface area contributed by atoms with Crippen LogP contribution in [0, 0.1) is 0 Å². The molecule has 3 heteroatoms. The van der Waals surface area contributed by atoms with Gasteiger partial charge in [-0.2, -0.15) is 0 Å².